The Labute approximate surface area is 245 Å². The van der Waals surface area contributed by atoms with Crippen LogP contribution in [0.25, 0.3) is 31.9 Å². The van der Waals surface area contributed by atoms with Gasteiger partial charge in [0.1, 0.15) is 22.0 Å². The summed E-state index contributed by atoms with van der Waals surface area (Å²) in [6.45, 7) is 10.5. The number of carbonyl (C=O) groups is 2. The highest BCUT2D eigenvalue weighted by molar-refractivity contribution is 7.21. The fourth-order valence-corrected chi connectivity index (χ4v) is 4.91. The Balaban J connectivity index is 1.62. The van der Waals surface area contributed by atoms with E-state index < -0.39 is 35.1 Å². The molecule has 2 aromatic heterocycles. The van der Waals surface area contributed by atoms with Crippen molar-refractivity contribution in [3.05, 3.63) is 60.3 Å². The van der Waals surface area contributed by atoms with E-state index in [9.17, 15) is 22.8 Å². The average molecular weight is 601 g/mol. The van der Waals surface area contributed by atoms with Gasteiger partial charge in [0.15, 0.2) is 0 Å². The van der Waals surface area contributed by atoms with E-state index in [0.717, 1.165) is 17.4 Å². The Bertz CT molecular complexity index is 1620. The second-order valence-electron chi connectivity index (χ2n) is 11.5. The van der Waals surface area contributed by atoms with E-state index in [1.54, 1.807) is 71.9 Å². The van der Waals surface area contributed by atoms with Crippen molar-refractivity contribution in [3.63, 3.8) is 0 Å². The molecule has 0 fully saturated rings. The van der Waals surface area contributed by atoms with Crippen LogP contribution in [0.5, 0.6) is 0 Å². The number of rotatable bonds is 4. The third kappa shape index (κ3) is 7.55. The molecule has 0 aliphatic rings. The molecule has 222 valence electrons. The molecule has 42 heavy (non-hydrogen) atoms. The number of alkyl halides is 3. The highest BCUT2D eigenvalue weighted by atomic mass is 32.1. The van der Waals surface area contributed by atoms with E-state index in [0.29, 0.717) is 27.0 Å². The molecule has 2 amide bonds. The number of amides is 2. The molecule has 2 heterocycles. The van der Waals surface area contributed by atoms with E-state index in [-0.39, 0.29) is 16.4 Å². The highest BCUT2D eigenvalue weighted by Crippen LogP contribution is 2.42. The van der Waals surface area contributed by atoms with Crippen molar-refractivity contribution < 1.29 is 32.2 Å². The molecule has 0 bridgehead atoms. The van der Waals surface area contributed by atoms with Crippen molar-refractivity contribution in [3.8, 4) is 21.7 Å². The van der Waals surface area contributed by atoms with Gasteiger partial charge in [0, 0.05) is 30.1 Å². The number of hydrogen-bond donors (Lipinski definition) is 1. The zero-order chi connectivity index (χ0) is 31.0. The molecular formula is C30H31F3N4O4S. The topological polar surface area (TPSA) is 93.7 Å². The number of hydrogen-bond acceptors (Lipinski definition) is 7. The first-order valence-electron chi connectivity index (χ1n) is 12.9. The van der Waals surface area contributed by atoms with Crippen LogP contribution < -0.4 is 10.2 Å². The Morgan fingerprint density at radius 2 is 1.55 bits per heavy atom. The number of anilines is 2. The Morgan fingerprint density at radius 3 is 2.14 bits per heavy atom. The first kappa shape index (κ1) is 30.8. The van der Waals surface area contributed by atoms with Crippen molar-refractivity contribution in [2.45, 2.75) is 58.9 Å². The Hall–Kier alpha value is -4.19. The Morgan fingerprint density at radius 1 is 0.881 bits per heavy atom. The second kappa shape index (κ2) is 11.2. The van der Waals surface area contributed by atoms with Crippen LogP contribution >= 0.6 is 11.3 Å². The molecule has 0 aliphatic heterocycles. The molecule has 0 saturated heterocycles. The number of benzene rings is 2. The standard InChI is InChI=1S/C30H31F3N4O4S/c1-28(2,3)40-26(38)35-19-10-12-22-23(15-19)42-25(36-22)20-11-8-17(14-21(20)30(31,32)33)18-9-13-24(34-16-18)37(7)27(39)41-29(4,5)6/h8-16H,1-7H3,(H,35,38). The van der Waals surface area contributed by atoms with Crippen molar-refractivity contribution in [2.24, 2.45) is 0 Å². The van der Waals surface area contributed by atoms with E-state index in [2.05, 4.69) is 15.3 Å². The van der Waals surface area contributed by atoms with Crippen molar-refractivity contribution in [1.82, 2.24) is 9.97 Å². The van der Waals surface area contributed by atoms with Gasteiger partial charge >= 0.3 is 18.4 Å². The monoisotopic (exact) mass is 600 g/mol. The summed E-state index contributed by atoms with van der Waals surface area (Å²) in [7, 11) is 1.50. The Kier molecular flexibility index (Phi) is 8.23. The normalized spacial score (nSPS) is 12.2. The van der Waals surface area contributed by atoms with Crippen LogP contribution in [-0.2, 0) is 15.7 Å². The maximum atomic E-state index is 14.3. The molecule has 1 N–H and O–H groups in total. The quantitative estimate of drug-likeness (QED) is 0.252. The molecule has 12 heteroatoms. The molecule has 4 rings (SSSR count). The van der Waals surface area contributed by atoms with Crippen molar-refractivity contribution >= 4 is 45.2 Å². The van der Waals surface area contributed by atoms with Crippen LogP contribution in [0.4, 0.5) is 34.3 Å². The third-order valence-electron chi connectivity index (χ3n) is 5.68. The number of halogens is 3. The van der Waals surface area contributed by atoms with E-state index in [1.165, 1.54) is 30.3 Å². The summed E-state index contributed by atoms with van der Waals surface area (Å²) in [6.07, 6.45) is -4.49. The largest absolute Gasteiger partial charge is 0.444 e. The minimum Gasteiger partial charge on any atom is -0.444 e. The van der Waals surface area contributed by atoms with Crippen molar-refractivity contribution in [1.29, 1.82) is 0 Å². The lowest BCUT2D eigenvalue weighted by molar-refractivity contribution is -0.137. The molecule has 0 spiro atoms. The number of carbonyl (C=O) groups excluding carboxylic acids is 2. The summed E-state index contributed by atoms with van der Waals surface area (Å²) in [5, 5.41) is 2.82. The van der Waals surface area contributed by atoms with Crippen LogP contribution in [0.2, 0.25) is 0 Å². The molecule has 2 aromatic carbocycles. The number of pyridine rings is 1. The summed E-state index contributed by atoms with van der Waals surface area (Å²) >= 11 is 1.08. The molecule has 4 aromatic rings. The molecule has 0 atom stereocenters. The molecular weight excluding hydrogens is 569 g/mol. The number of aromatic nitrogens is 2. The molecule has 0 saturated carbocycles. The summed E-state index contributed by atoms with van der Waals surface area (Å²) in [6, 6.07) is 12.0. The van der Waals surface area contributed by atoms with E-state index >= 15 is 0 Å². The van der Waals surface area contributed by atoms with Crippen LogP contribution in [0, 0.1) is 0 Å². The van der Waals surface area contributed by atoms with Gasteiger partial charge in [-0.25, -0.2) is 19.6 Å². The number of ether oxygens (including phenoxy) is 2. The minimum absolute atomic E-state index is 0.0664. The first-order chi connectivity index (χ1) is 19.4. The van der Waals surface area contributed by atoms with Gasteiger partial charge in [-0.15, -0.1) is 11.3 Å². The van der Waals surface area contributed by atoms with Crippen LogP contribution in [0.1, 0.15) is 47.1 Å². The fourth-order valence-electron chi connectivity index (χ4n) is 3.86. The van der Waals surface area contributed by atoms with Crippen LogP contribution in [-0.4, -0.2) is 40.4 Å². The van der Waals surface area contributed by atoms with Gasteiger partial charge in [-0.2, -0.15) is 13.2 Å². The van der Waals surface area contributed by atoms with Gasteiger partial charge in [0.05, 0.1) is 15.8 Å². The summed E-state index contributed by atoms with van der Waals surface area (Å²) < 4.78 is 54.0. The molecule has 0 unspecified atom stereocenters. The molecule has 0 radical (unpaired) electrons. The van der Waals surface area contributed by atoms with Gasteiger partial charge in [0.2, 0.25) is 0 Å². The zero-order valence-electron chi connectivity index (χ0n) is 24.2. The second-order valence-corrected chi connectivity index (χ2v) is 12.6. The molecule has 0 aliphatic carbocycles. The summed E-state index contributed by atoms with van der Waals surface area (Å²) in [4.78, 5) is 34.4. The van der Waals surface area contributed by atoms with Gasteiger partial charge in [0.25, 0.3) is 0 Å². The third-order valence-corrected chi connectivity index (χ3v) is 6.73. The lowest BCUT2D eigenvalue weighted by Crippen LogP contribution is -2.34. The number of fused-ring (bicyclic) bond motifs is 1. The maximum absolute atomic E-state index is 14.3. The molecule has 8 nitrogen and oxygen atoms in total. The van der Waals surface area contributed by atoms with Gasteiger partial charge in [-0.1, -0.05) is 12.1 Å². The lowest BCUT2D eigenvalue weighted by Gasteiger charge is -2.24. The van der Waals surface area contributed by atoms with Gasteiger partial charge in [-0.05, 0) is 83.5 Å². The predicted molar refractivity (Wildman–Crippen MR) is 158 cm³/mol. The predicted octanol–water partition coefficient (Wildman–Crippen LogP) is 8.76. The highest BCUT2D eigenvalue weighted by Gasteiger charge is 2.35. The van der Waals surface area contributed by atoms with E-state index in [4.69, 9.17) is 9.47 Å². The SMILES string of the molecule is CN(C(=O)OC(C)(C)C)c1ccc(-c2ccc(-c3nc4ccc(NC(=O)OC(C)(C)C)cc4s3)c(C(F)(F)F)c2)cn1. The van der Waals surface area contributed by atoms with Crippen molar-refractivity contribution in [2.75, 3.05) is 17.3 Å². The average Bonchev–Trinajstić information content (AvgIpc) is 3.28. The summed E-state index contributed by atoms with van der Waals surface area (Å²) in [5.74, 6) is 0.288. The number of thiazole rings is 1. The maximum Gasteiger partial charge on any atom is 0.417 e. The van der Waals surface area contributed by atoms with Gasteiger partial charge in [-0.3, -0.25) is 10.2 Å². The fraction of sp³-hybridized carbons (Fsp3) is 0.333. The first-order valence-corrected chi connectivity index (χ1v) is 13.8. The van der Waals surface area contributed by atoms with E-state index in [1.807, 2.05) is 0 Å². The van der Waals surface area contributed by atoms with Crippen LogP contribution in [0.15, 0.2) is 54.7 Å². The van der Waals surface area contributed by atoms with Crippen LogP contribution in [0.3, 0.4) is 0 Å². The van der Waals surface area contributed by atoms with Gasteiger partial charge < -0.3 is 9.47 Å². The lowest BCUT2D eigenvalue weighted by atomic mass is 10.00. The summed E-state index contributed by atoms with van der Waals surface area (Å²) in [5.41, 5.74) is -0.609. The smallest absolute Gasteiger partial charge is 0.417 e. The minimum atomic E-state index is -4.66. The number of nitrogens with one attached hydrogen (secondary N) is 1. The number of nitrogens with zero attached hydrogens (tertiary/aromatic N) is 3. The zero-order valence-corrected chi connectivity index (χ0v) is 25.0.